The average Bonchev–Trinajstić information content (AvgIpc) is 2.68. The van der Waals surface area contributed by atoms with E-state index in [1.165, 1.54) is 0 Å². The number of piperazine rings is 1. The Morgan fingerprint density at radius 2 is 1.42 bits per heavy atom. The molecule has 3 aromatic heterocycles. The lowest BCUT2D eigenvalue weighted by atomic mass is 10.2. The summed E-state index contributed by atoms with van der Waals surface area (Å²) in [6, 6.07) is 9.92. The van der Waals surface area contributed by atoms with Crippen molar-refractivity contribution in [2.75, 3.05) is 36.0 Å². The molecule has 3 aromatic rings. The van der Waals surface area contributed by atoms with Crippen LogP contribution in [0.5, 0.6) is 0 Å². The number of nitrogens with zero attached hydrogens (tertiary/aromatic N) is 7. The Labute approximate surface area is 152 Å². The van der Waals surface area contributed by atoms with E-state index in [9.17, 15) is 0 Å². The van der Waals surface area contributed by atoms with Crippen molar-refractivity contribution in [1.82, 2.24) is 25.1 Å². The van der Waals surface area contributed by atoms with E-state index < -0.39 is 0 Å². The van der Waals surface area contributed by atoms with Crippen molar-refractivity contribution >= 4 is 11.8 Å². The van der Waals surface area contributed by atoms with Crippen molar-refractivity contribution in [2.45, 2.75) is 13.8 Å². The topological polar surface area (TPSA) is 70.9 Å². The minimum atomic E-state index is 0.821. The van der Waals surface area contributed by atoms with Gasteiger partial charge in [0.05, 0.1) is 5.69 Å². The van der Waals surface area contributed by atoms with Crippen LogP contribution in [0.25, 0.3) is 11.3 Å². The molecule has 4 rings (SSSR count). The lowest BCUT2D eigenvalue weighted by Crippen LogP contribution is -2.47. The minimum absolute atomic E-state index is 0.821. The third kappa shape index (κ3) is 3.46. The van der Waals surface area contributed by atoms with Crippen LogP contribution in [0.2, 0.25) is 0 Å². The van der Waals surface area contributed by atoms with Gasteiger partial charge in [-0.15, -0.1) is 10.2 Å². The molecule has 0 amide bonds. The summed E-state index contributed by atoms with van der Waals surface area (Å²) in [5.41, 5.74) is 3.90. The molecule has 0 aliphatic carbocycles. The summed E-state index contributed by atoms with van der Waals surface area (Å²) < 4.78 is 0. The molecule has 7 heteroatoms. The quantitative estimate of drug-likeness (QED) is 0.720. The molecule has 0 bridgehead atoms. The van der Waals surface area contributed by atoms with Crippen LogP contribution in [0, 0.1) is 13.8 Å². The summed E-state index contributed by atoms with van der Waals surface area (Å²) in [7, 11) is 0. The summed E-state index contributed by atoms with van der Waals surface area (Å²) in [6.07, 6.45) is 3.53. The summed E-state index contributed by atoms with van der Waals surface area (Å²) in [6.45, 7) is 7.51. The van der Waals surface area contributed by atoms with Crippen LogP contribution >= 0.6 is 0 Å². The molecule has 1 saturated heterocycles. The first-order valence-electron chi connectivity index (χ1n) is 8.75. The molecule has 4 heterocycles. The molecular formula is C19H21N7. The van der Waals surface area contributed by atoms with Crippen LogP contribution in [0.1, 0.15) is 11.4 Å². The van der Waals surface area contributed by atoms with Gasteiger partial charge >= 0.3 is 0 Å². The van der Waals surface area contributed by atoms with Crippen LogP contribution in [0.15, 0.2) is 42.7 Å². The molecule has 0 unspecified atom stereocenters. The van der Waals surface area contributed by atoms with Gasteiger partial charge in [0.25, 0.3) is 0 Å². The normalized spacial score (nSPS) is 14.5. The van der Waals surface area contributed by atoms with Crippen molar-refractivity contribution in [3.63, 3.8) is 0 Å². The van der Waals surface area contributed by atoms with E-state index in [2.05, 4.69) is 34.9 Å². The maximum atomic E-state index is 4.56. The molecule has 132 valence electrons. The van der Waals surface area contributed by atoms with Crippen molar-refractivity contribution in [1.29, 1.82) is 0 Å². The number of anilines is 2. The fraction of sp³-hybridized carbons (Fsp3) is 0.316. The molecule has 7 nitrogen and oxygen atoms in total. The van der Waals surface area contributed by atoms with E-state index in [-0.39, 0.29) is 0 Å². The van der Waals surface area contributed by atoms with Gasteiger partial charge in [-0.1, -0.05) is 0 Å². The highest BCUT2D eigenvalue weighted by atomic mass is 15.3. The van der Waals surface area contributed by atoms with Gasteiger partial charge in [-0.2, -0.15) is 0 Å². The molecule has 1 aliphatic heterocycles. The van der Waals surface area contributed by atoms with Gasteiger partial charge in [0.1, 0.15) is 0 Å². The molecule has 1 aliphatic rings. The van der Waals surface area contributed by atoms with E-state index in [0.717, 1.165) is 60.6 Å². The standard InChI is InChI=1S/C19H21N7/c1-14-13-15(2)22-19(21-14)26-11-9-25(10-12-26)18-4-3-17(23-24-18)16-5-7-20-8-6-16/h3-8,13H,9-12H2,1-2H3. The maximum Gasteiger partial charge on any atom is 0.225 e. The number of aromatic nitrogens is 5. The Balaban J connectivity index is 1.43. The lowest BCUT2D eigenvalue weighted by Gasteiger charge is -2.35. The lowest BCUT2D eigenvalue weighted by molar-refractivity contribution is 0.630. The zero-order valence-corrected chi connectivity index (χ0v) is 15.0. The Kier molecular flexibility index (Phi) is 4.43. The largest absolute Gasteiger partial charge is 0.352 e. The van der Waals surface area contributed by atoms with Crippen molar-refractivity contribution < 1.29 is 0 Å². The van der Waals surface area contributed by atoms with Crippen molar-refractivity contribution in [3.8, 4) is 11.3 Å². The van der Waals surface area contributed by atoms with Gasteiger partial charge in [-0.3, -0.25) is 4.98 Å². The van der Waals surface area contributed by atoms with Crippen molar-refractivity contribution in [3.05, 3.63) is 54.1 Å². The maximum absolute atomic E-state index is 4.56. The first kappa shape index (κ1) is 16.4. The fourth-order valence-electron chi connectivity index (χ4n) is 3.15. The monoisotopic (exact) mass is 347 g/mol. The Hall–Kier alpha value is -3.09. The first-order valence-corrected chi connectivity index (χ1v) is 8.75. The second-order valence-corrected chi connectivity index (χ2v) is 6.44. The van der Waals surface area contributed by atoms with Gasteiger partial charge in [0, 0.05) is 55.5 Å². The van der Waals surface area contributed by atoms with Crippen LogP contribution in [-0.2, 0) is 0 Å². The van der Waals surface area contributed by atoms with E-state index in [1.807, 2.05) is 44.2 Å². The van der Waals surface area contributed by atoms with Crippen LogP contribution < -0.4 is 9.80 Å². The number of rotatable bonds is 3. The zero-order chi connectivity index (χ0) is 17.9. The molecule has 26 heavy (non-hydrogen) atoms. The smallest absolute Gasteiger partial charge is 0.225 e. The highest BCUT2D eigenvalue weighted by molar-refractivity contribution is 5.59. The van der Waals surface area contributed by atoms with Crippen LogP contribution in [0.3, 0.4) is 0 Å². The predicted octanol–water partition coefficient (Wildman–Crippen LogP) is 2.27. The molecule has 0 radical (unpaired) electrons. The van der Waals surface area contributed by atoms with Crippen molar-refractivity contribution in [2.24, 2.45) is 0 Å². The molecule has 1 fully saturated rings. The molecule has 0 N–H and O–H groups in total. The fourth-order valence-corrected chi connectivity index (χ4v) is 3.15. The number of pyridine rings is 1. The first-order chi connectivity index (χ1) is 12.7. The van der Waals surface area contributed by atoms with Gasteiger partial charge in [0.2, 0.25) is 5.95 Å². The van der Waals surface area contributed by atoms with Gasteiger partial charge < -0.3 is 9.80 Å². The Bertz CT molecular complexity index is 852. The SMILES string of the molecule is Cc1cc(C)nc(N2CCN(c3ccc(-c4ccncc4)nn3)CC2)n1. The second-order valence-electron chi connectivity index (χ2n) is 6.44. The van der Waals surface area contributed by atoms with Gasteiger partial charge in [0.15, 0.2) is 5.82 Å². The highest BCUT2D eigenvalue weighted by Crippen LogP contribution is 2.20. The van der Waals surface area contributed by atoms with E-state index in [0.29, 0.717) is 0 Å². The van der Waals surface area contributed by atoms with Crippen LogP contribution in [0.4, 0.5) is 11.8 Å². The Morgan fingerprint density at radius 3 is 2.04 bits per heavy atom. The molecule has 0 aromatic carbocycles. The summed E-state index contributed by atoms with van der Waals surface area (Å²) in [4.78, 5) is 17.6. The summed E-state index contributed by atoms with van der Waals surface area (Å²) in [5, 5.41) is 8.78. The highest BCUT2D eigenvalue weighted by Gasteiger charge is 2.20. The van der Waals surface area contributed by atoms with Crippen LogP contribution in [-0.4, -0.2) is 51.3 Å². The minimum Gasteiger partial charge on any atom is -0.352 e. The second kappa shape index (κ2) is 7.03. The summed E-state index contributed by atoms with van der Waals surface area (Å²) in [5.74, 6) is 1.73. The molecule has 0 spiro atoms. The number of hydrogen-bond acceptors (Lipinski definition) is 7. The average molecular weight is 347 g/mol. The third-order valence-electron chi connectivity index (χ3n) is 4.48. The number of hydrogen-bond donors (Lipinski definition) is 0. The predicted molar refractivity (Wildman–Crippen MR) is 101 cm³/mol. The van der Waals surface area contributed by atoms with E-state index >= 15 is 0 Å². The van der Waals surface area contributed by atoms with E-state index in [4.69, 9.17) is 0 Å². The molecule has 0 atom stereocenters. The van der Waals surface area contributed by atoms with Gasteiger partial charge in [-0.25, -0.2) is 9.97 Å². The Morgan fingerprint density at radius 1 is 0.769 bits per heavy atom. The molecular weight excluding hydrogens is 326 g/mol. The van der Waals surface area contributed by atoms with E-state index in [1.54, 1.807) is 12.4 Å². The summed E-state index contributed by atoms with van der Waals surface area (Å²) >= 11 is 0. The third-order valence-corrected chi connectivity index (χ3v) is 4.48. The molecule has 0 saturated carbocycles. The number of aryl methyl sites for hydroxylation is 2. The zero-order valence-electron chi connectivity index (χ0n) is 15.0. The van der Waals surface area contributed by atoms with Gasteiger partial charge in [-0.05, 0) is 44.2 Å².